The third-order valence-electron chi connectivity index (χ3n) is 4.01. The fraction of sp³-hybridized carbons (Fsp3) is 0.600. The van der Waals surface area contributed by atoms with Crippen LogP contribution in [-0.4, -0.2) is 32.8 Å². The van der Waals surface area contributed by atoms with Gasteiger partial charge in [0, 0.05) is 30.7 Å². The Kier molecular flexibility index (Phi) is 3.93. The third kappa shape index (κ3) is 2.68. The molecule has 0 amide bonds. The van der Waals surface area contributed by atoms with E-state index in [4.69, 9.17) is 10.5 Å². The predicted octanol–water partition coefficient (Wildman–Crippen LogP) is 2.05. The van der Waals surface area contributed by atoms with E-state index in [1.807, 2.05) is 0 Å². The molecule has 1 heterocycles. The molecule has 0 radical (unpaired) electrons. The first kappa shape index (κ1) is 13.4. The Morgan fingerprint density at radius 2 is 2.06 bits per heavy atom. The van der Waals surface area contributed by atoms with Gasteiger partial charge in [-0.2, -0.15) is 0 Å². The van der Waals surface area contributed by atoms with E-state index in [1.54, 1.807) is 0 Å². The molecule has 2 rings (SSSR count). The number of aryl methyl sites for hydroxylation is 1. The van der Waals surface area contributed by atoms with Gasteiger partial charge in [-0.05, 0) is 24.1 Å². The number of anilines is 1. The summed E-state index contributed by atoms with van der Waals surface area (Å²) in [6.07, 6.45) is 1.08. The summed E-state index contributed by atoms with van der Waals surface area (Å²) in [7, 11) is 2.12. The Morgan fingerprint density at radius 1 is 1.39 bits per heavy atom. The summed E-state index contributed by atoms with van der Waals surface area (Å²) >= 11 is 0. The van der Waals surface area contributed by atoms with Crippen LogP contribution in [0.5, 0.6) is 0 Å². The van der Waals surface area contributed by atoms with Crippen LogP contribution in [0.3, 0.4) is 0 Å². The van der Waals surface area contributed by atoms with E-state index in [0.717, 1.165) is 19.6 Å². The maximum Gasteiger partial charge on any atom is 0.0624 e. The second-order valence-electron chi connectivity index (χ2n) is 5.65. The fourth-order valence-corrected chi connectivity index (χ4v) is 2.51. The van der Waals surface area contributed by atoms with E-state index in [1.165, 1.54) is 11.3 Å². The van der Waals surface area contributed by atoms with Crippen LogP contribution in [0.25, 0.3) is 0 Å². The van der Waals surface area contributed by atoms with Gasteiger partial charge >= 0.3 is 0 Å². The van der Waals surface area contributed by atoms with Crippen molar-refractivity contribution in [3.05, 3.63) is 29.8 Å². The normalized spacial score (nSPS) is 27.4. The molecule has 100 valence electrons. The third-order valence-corrected chi connectivity index (χ3v) is 4.01. The Balaban J connectivity index is 2.04. The highest BCUT2D eigenvalue weighted by Crippen LogP contribution is 2.29. The van der Waals surface area contributed by atoms with Crippen molar-refractivity contribution in [3.8, 4) is 0 Å². The minimum atomic E-state index is 0.0537. The molecule has 1 aromatic carbocycles. The molecule has 1 fully saturated rings. The van der Waals surface area contributed by atoms with Crippen LogP contribution in [0, 0.1) is 5.41 Å². The molecule has 0 aromatic heterocycles. The van der Waals surface area contributed by atoms with Crippen molar-refractivity contribution in [2.45, 2.75) is 26.3 Å². The lowest BCUT2D eigenvalue weighted by molar-refractivity contribution is 0.162. The predicted molar refractivity (Wildman–Crippen MR) is 76.0 cm³/mol. The molecule has 18 heavy (non-hydrogen) atoms. The molecule has 1 aliphatic rings. The van der Waals surface area contributed by atoms with Crippen molar-refractivity contribution < 1.29 is 4.74 Å². The lowest BCUT2D eigenvalue weighted by Gasteiger charge is -2.33. The first-order valence-corrected chi connectivity index (χ1v) is 6.68. The van der Waals surface area contributed by atoms with Crippen LogP contribution in [0.15, 0.2) is 24.3 Å². The van der Waals surface area contributed by atoms with Crippen molar-refractivity contribution in [2.75, 3.05) is 31.7 Å². The second kappa shape index (κ2) is 5.29. The number of rotatable bonds is 4. The second-order valence-corrected chi connectivity index (χ2v) is 5.65. The number of ether oxygens (including phenoxy) is 1. The number of hydrogen-bond donors (Lipinski definition) is 1. The van der Waals surface area contributed by atoms with Gasteiger partial charge in [-0.15, -0.1) is 0 Å². The van der Waals surface area contributed by atoms with Gasteiger partial charge in [0.25, 0.3) is 0 Å². The summed E-state index contributed by atoms with van der Waals surface area (Å²) in [5.41, 5.74) is 8.80. The van der Waals surface area contributed by atoms with Gasteiger partial charge in [0.15, 0.2) is 0 Å². The Hall–Kier alpha value is -1.06. The van der Waals surface area contributed by atoms with Gasteiger partial charge in [0.1, 0.15) is 0 Å². The van der Waals surface area contributed by atoms with Gasteiger partial charge < -0.3 is 15.4 Å². The average Bonchev–Trinajstić information content (AvgIpc) is 2.69. The summed E-state index contributed by atoms with van der Waals surface area (Å²) in [6, 6.07) is 8.89. The molecule has 2 N–H and O–H groups in total. The van der Waals surface area contributed by atoms with Crippen molar-refractivity contribution in [1.82, 2.24) is 0 Å². The quantitative estimate of drug-likeness (QED) is 0.886. The highest BCUT2D eigenvalue weighted by atomic mass is 16.5. The molecule has 2 unspecified atom stereocenters. The summed E-state index contributed by atoms with van der Waals surface area (Å²) in [5, 5.41) is 0. The smallest absolute Gasteiger partial charge is 0.0624 e. The van der Waals surface area contributed by atoms with E-state index >= 15 is 0 Å². The van der Waals surface area contributed by atoms with Crippen molar-refractivity contribution in [1.29, 1.82) is 0 Å². The first-order valence-electron chi connectivity index (χ1n) is 6.68. The highest BCUT2D eigenvalue weighted by molar-refractivity contribution is 5.47. The topological polar surface area (TPSA) is 38.5 Å². The molecule has 0 aliphatic carbocycles. The van der Waals surface area contributed by atoms with Crippen LogP contribution in [0.4, 0.5) is 5.69 Å². The highest BCUT2D eigenvalue weighted by Gasteiger charge is 2.38. The zero-order valence-corrected chi connectivity index (χ0v) is 11.6. The van der Waals surface area contributed by atoms with Crippen LogP contribution in [-0.2, 0) is 11.2 Å². The summed E-state index contributed by atoms with van der Waals surface area (Å²) in [4.78, 5) is 2.27. The molecule has 2 atom stereocenters. The Labute approximate surface area is 110 Å². The van der Waals surface area contributed by atoms with Crippen molar-refractivity contribution in [3.63, 3.8) is 0 Å². The lowest BCUT2D eigenvalue weighted by atomic mass is 9.85. The summed E-state index contributed by atoms with van der Waals surface area (Å²) < 4.78 is 5.49. The zero-order valence-electron chi connectivity index (χ0n) is 11.6. The minimum absolute atomic E-state index is 0.0537. The molecule has 3 nitrogen and oxygen atoms in total. The summed E-state index contributed by atoms with van der Waals surface area (Å²) in [6.45, 7) is 6.75. The van der Waals surface area contributed by atoms with Crippen molar-refractivity contribution >= 4 is 5.69 Å². The Morgan fingerprint density at radius 3 is 2.56 bits per heavy atom. The number of hydrogen-bond acceptors (Lipinski definition) is 3. The van der Waals surface area contributed by atoms with E-state index in [0.29, 0.717) is 6.61 Å². The van der Waals surface area contributed by atoms with E-state index in [-0.39, 0.29) is 11.5 Å². The monoisotopic (exact) mass is 248 g/mol. The van der Waals surface area contributed by atoms with Crippen LogP contribution in [0.1, 0.15) is 19.4 Å². The molecular weight excluding hydrogens is 224 g/mol. The number of benzene rings is 1. The first-order chi connectivity index (χ1) is 8.55. The van der Waals surface area contributed by atoms with Gasteiger partial charge in [0.05, 0.1) is 13.2 Å². The van der Waals surface area contributed by atoms with E-state index in [9.17, 15) is 0 Å². The van der Waals surface area contributed by atoms with Crippen LogP contribution >= 0.6 is 0 Å². The molecule has 0 bridgehead atoms. The van der Waals surface area contributed by atoms with Gasteiger partial charge in [-0.1, -0.05) is 26.0 Å². The fourth-order valence-electron chi connectivity index (χ4n) is 2.51. The molecular formula is C15H24N2O. The molecule has 1 aliphatic heterocycles. The maximum atomic E-state index is 6.13. The van der Waals surface area contributed by atoms with Crippen LogP contribution in [0.2, 0.25) is 0 Å². The summed E-state index contributed by atoms with van der Waals surface area (Å²) in [5.74, 6) is 0. The van der Waals surface area contributed by atoms with Crippen molar-refractivity contribution in [2.24, 2.45) is 11.1 Å². The standard InChI is InChI=1S/C15H24N2O/c1-4-12-5-7-13(8-6-12)17(3)10-15(2)11-18-9-14(15)16/h5-8,14H,4,9-11,16H2,1-3H3. The number of nitrogens with zero attached hydrogens (tertiary/aromatic N) is 1. The van der Waals surface area contributed by atoms with E-state index in [2.05, 4.69) is 50.1 Å². The molecule has 1 saturated heterocycles. The SMILES string of the molecule is CCc1ccc(N(C)CC2(C)COCC2N)cc1. The van der Waals surface area contributed by atoms with Crippen LogP contribution < -0.4 is 10.6 Å². The van der Waals surface area contributed by atoms with Gasteiger partial charge in [0.2, 0.25) is 0 Å². The lowest BCUT2D eigenvalue weighted by Crippen LogP contribution is -2.46. The minimum Gasteiger partial charge on any atom is -0.379 e. The molecule has 0 saturated carbocycles. The van der Waals surface area contributed by atoms with E-state index < -0.39 is 0 Å². The largest absolute Gasteiger partial charge is 0.379 e. The molecule has 3 heteroatoms. The molecule has 1 aromatic rings. The van der Waals surface area contributed by atoms with Gasteiger partial charge in [-0.25, -0.2) is 0 Å². The number of nitrogens with two attached hydrogens (primary N) is 1. The Bertz CT molecular complexity index is 390. The average molecular weight is 248 g/mol. The maximum absolute atomic E-state index is 6.13. The van der Waals surface area contributed by atoms with Gasteiger partial charge in [-0.3, -0.25) is 0 Å². The molecule has 0 spiro atoms. The zero-order chi connectivity index (χ0) is 13.2.